The number of thioether (sulfide) groups is 1. The Morgan fingerprint density at radius 2 is 2.00 bits per heavy atom. The van der Waals surface area contributed by atoms with Crippen LogP contribution in [0.25, 0.3) is 0 Å². The minimum Gasteiger partial charge on any atom is -0.478 e. The van der Waals surface area contributed by atoms with Crippen LogP contribution in [0.5, 0.6) is 0 Å². The maximum Gasteiger partial charge on any atom is 0.335 e. The first-order valence-electron chi connectivity index (χ1n) is 5.78. The van der Waals surface area contributed by atoms with Gasteiger partial charge in [0.25, 0.3) is 0 Å². The van der Waals surface area contributed by atoms with Crippen LogP contribution in [-0.4, -0.2) is 11.1 Å². The van der Waals surface area contributed by atoms with Gasteiger partial charge in [0.1, 0.15) is 5.82 Å². The van der Waals surface area contributed by atoms with Crippen LogP contribution in [0.1, 0.15) is 21.5 Å². The van der Waals surface area contributed by atoms with Crippen molar-refractivity contribution in [2.75, 3.05) is 0 Å². The lowest BCUT2D eigenvalue weighted by molar-refractivity contribution is 0.0696. The summed E-state index contributed by atoms with van der Waals surface area (Å²) in [5.74, 6) is -0.812. The summed E-state index contributed by atoms with van der Waals surface area (Å²) in [6, 6.07) is 11.7. The highest BCUT2D eigenvalue weighted by molar-refractivity contribution is 7.98. The molecule has 0 atom stereocenters. The standard InChI is InChI=1S/C15H13FO2S/c1-10-4-2-3-5-12(10)9-19-14-8-11(15(17)18)6-7-13(14)16/h2-8H,9H2,1H3,(H,17,18). The molecule has 0 heterocycles. The summed E-state index contributed by atoms with van der Waals surface area (Å²) in [5.41, 5.74) is 2.37. The Hall–Kier alpha value is -1.81. The SMILES string of the molecule is Cc1ccccc1CSc1cc(C(=O)O)ccc1F. The highest BCUT2D eigenvalue weighted by Crippen LogP contribution is 2.27. The first-order chi connectivity index (χ1) is 9.08. The van der Waals surface area contributed by atoms with E-state index in [1.54, 1.807) is 0 Å². The Bertz CT molecular complexity index is 611. The average molecular weight is 276 g/mol. The third kappa shape index (κ3) is 3.35. The molecule has 2 aromatic carbocycles. The van der Waals surface area contributed by atoms with Crippen molar-refractivity contribution in [2.45, 2.75) is 17.6 Å². The van der Waals surface area contributed by atoms with Crippen LogP contribution in [0.15, 0.2) is 47.4 Å². The molecule has 19 heavy (non-hydrogen) atoms. The summed E-state index contributed by atoms with van der Waals surface area (Å²) in [7, 11) is 0. The molecule has 0 radical (unpaired) electrons. The zero-order valence-electron chi connectivity index (χ0n) is 10.4. The van der Waals surface area contributed by atoms with Gasteiger partial charge in [-0.2, -0.15) is 0 Å². The number of halogens is 1. The molecule has 0 aromatic heterocycles. The molecular formula is C15H13FO2S. The molecule has 0 bridgehead atoms. The fourth-order valence-electron chi connectivity index (χ4n) is 1.67. The summed E-state index contributed by atoms with van der Waals surface area (Å²) in [5, 5.41) is 8.90. The van der Waals surface area contributed by atoms with Gasteiger partial charge in [0.05, 0.1) is 5.56 Å². The van der Waals surface area contributed by atoms with Gasteiger partial charge in [-0.05, 0) is 36.2 Å². The Labute approximate surface area is 115 Å². The quantitative estimate of drug-likeness (QED) is 0.853. The highest BCUT2D eigenvalue weighted by Gasteiger charge is 2.09. The maximum absolute atomic E-state index is 13.6. The molecule has 98 valence electrons. The lowest BCUT2D eigenvalue weighted by atomic mass is 10.1. The third-order valence-electron chi connectivity index (χ3n) is 2.82. The van der Waals surface area contributed by atoms with Crippen molar-refractivity contribution < 1.29 is 14.3 Å². The molecule has 0 fully saturated rings. The molecule has 0 aliphatic rings. The molecule has 2 aromatic rings. The number of rotatable bonds is 4. The second-order valence-corrected chi connectivity index (χ2v) is 5.18. The van der Waals surface area contributed by atoms with Crippen molar-refractivity contribution in [1.82, 2.24) is 0 Å². The normalized spacial score (nSPS) is 10.4. The number of hydrogen-bond donors (Lipinski definition) is 1. The van der Waals surface area contributed by atoms with E-state index in [4.69, 9.17) is 5.11 Å². The molecule has 0 aliphatic heterocycles. The highest BCUT2D eigenvalue weighted by atomic mass is 32.2. The van der Waals surface area contributed by atoms with Gasteiger partial charge in [-0.15, -0.1) is 11.8 Å². The summed E-state index contributed by atoms with van der Waals surface area (Å²) in [6.07, 6.45) is 0. The van der Waals surface area contributed by atoms with E-state index < -0.39 is 5.97 Å². The van der Waals surface area contributed by atoms with Crippen molar-refractivity contribution in [3.63, 3.8) is 0 Å². The molecule has 0 unspecified atom stereocenters. The number of aryl methyl sites for hydroxylation is 1. The van der Waals surface area contributed by atoms with E-state index in [1.807, 2.05) is 31.2 Å². The van der Waals surface area contributed by atoms with Crippen LogP contribution >= 0.6 is 11.8 Å². The zero-order chi connectivity index (χ0) is 13.8. The average Bonchev–Trinajstić information content (AvgIpc) is 2.39. The number of carboxylic acids is 1. The molecular weight excluding hydrogens is 263 g/mol. The second kappa shape index (κ2) is 5.89. The van der Waals surface area contributed by atoms with Crippen molar-refractivity contribution in [2.24, 2.45) is 0 Å². The summed E-state index contributed by atoms with van der Waals surface area (Å²) in [6.45, 7) is 2.00. The molecule has 0 saturated carbocycles. The van der Waals surface area contributed by atoms with E-state index in [0.29, 0.717) is 10.6 Å². The van der Waals surface area contributed by atoms with Gasteiger partial charge in [-0.1, -0.05) is 24.3 Å². The van der Waals surface area contributed by atoms with Crippen LogP contribution in [0.4, 0.5) is 4.39 Å². The smallest absolute Gasteiger partial charge is 0.335 e. The van der Waals surface area contributed by atoms with E-state index in [1.165, 1.54) is 30.0 Å². The van der Waals surface area contributed by atoms with E-state index >= 15 is 0 Å². The number of carboxylic acid groups (broad SMARTS) is 1. The third-order valence-corrected chi connectivity index (χ3v) is 3.90. The number of benzene rings is 2. The first kappa shape index (κ1) is 13.6. The summed E-state index contributed by atoms with van der Waals surface area (Å²) in [4.78, 5) is 11.2. The van der Waals surface area contributed by atoms with Gasteiger partial charge >= 0.3 is 5.97 Å². The molecule has 2 rings (SSSR count). The van der Waals surface area contributed by atoms with Gasteiger partial charge in [0.2, 0.25) is 0 Å². The molecule has 4 heteroatoms. The van der Waals surface area contributed by atoms with Crippen molar-refractivity contribution >= 4 is 17.7 Å². The van der Waals surface area contributed by atoms with Crippen LogP contribution in [0.3, 0.4) is 0 Å². The van der Waals surface area contributed by atoms with Crippen LogP contribution in [0.2, 0.25) is 0 Å². The molecule has 0 amide bonds. The molecule has 1 N–H and O–H groups in total. The van der Waals surface area contributed by atoms with Gasteiger partial charge in [-0.3, -0.25) is 0 Å². The van der Waals surface area contributed by atoms with Gasteiger partial charge in [0, 0.05) is 10.6 Å². The summed E-state index contributed by atoms with van der Waals surface area (Å²) < 4.78 is 13.6. The monoisotopic (exact) mass is 276 g/mol. The van der Waals surface area contributed by atoms with Crippen LogP contribution < -0.4 is 0 Å². The maximum atomic E-state index is 13.6. The lowest BCUT2D eigenvalue weighted by Gasteiger charge is -2.07. The molecule has 0 saturated heterocycles. The fraction of sp³-hybridized carbons (Fsp3) is 0.133. The predicted octanol–water partition coefficient (Wildman–Crippen LogP) is 4.12. The van der Waals surface area contributed by atoms with Gasteiger partial charge in [-0.25, -0.2) is 9.18 Å². The largest absolute Gasteiger partial charge is 0.478 e. The van der Waals surface area contributed by atoms with Crippen molar-refractivity contribution in [3.05, 3.63) is 65.0 Å². The fourth-order valence-corrected chi connectivity index (χ4v) is 2.73. The van der Waals surface area contributed by atoms with Crippen molar-refractivity contribution in [3.8, 4) is 0 Å². The number of hydrogen-bond acceptors (Lipinski definition) is 2. The second-order valence-electron chi connectivity index (χ2n) is 4.17. The minimum atomic E-state index is -1.04. The number of aromatic carboxylic acids is 1. The zero-order valence-corrected chi connectivity index (χ0v) is 11.2. The predicted molar refractivity (Wildman–Crippen MR) is 74.1 cm³/mol. The summed E-state index contributed by atoms with van der Waals surface area (Å²) >= 11 is 1.31. The molecule has 0 spiro atoms. The Morgan fingerprint density at radius 1 is 1.26 bits per heavy atom. The minimum absolute atomic E-state index is 0.105. The van der Waals surface area contributed by atoms with Crippen molar-refractivity contribution in [1.29, 1.82) is 0 Å². The van der Waals surface area contributed by atoms with E-state index in [0.717, 1.165) is 11.1 Å². The van der Waals surface area contributed by atoms with Crippen LogP contribution in [-0.2, 0) is 5.75 Å². The molecule has 0 aliphatic carbocycles. The Balaban J connectivity index is 2.17. The topological polar surface area (TPSA) is 37.3 Å². The number of carbonyl (C=O) groups is 1. The Morgan fingerprint density at radius 3 is 2.68 bits per heavy atom. The van der Waals surface area contributed by atoms with Crippen LogP contribution in [0, 0.1) is 12.7 Å². The Kier molecular flexibility index (Phi) is 4.22. The van der Waals surface area contributed by atoms with E-state index in [-0.39, 0.29) is 11.4 Å². The molecule has 2 nitrogen and oxygen atoms in total. The van der Waals surface area contributed by atoms with Gasteiger partial charge in [0.15, 0.2) is 0 Å². The van der Waals surface area contributed by atoms with E-state index in [2.05, 4.69) is 0 Å². The first-order valence-corrected chi connectivity index (χ1v) is 6.76. The van der Waals surface area contributed by atoms with E-state index in [9.17, 15) is 9.18 Å². The van der Waals surface area contributed by atoms with Gasteiger partial charge < -0.3 is 5.11 Å². The lowest BCUT2D eigenvalue weighted by Crippen LogP contribution is -1.97.